The molecule has 0 saturated carbocycles. The van der Waals surface area contributed by atoms with Gasteiger partial charge in [0.15, 0.2) is 5.60 Å². The minimum atomic E-state index is -0.943. The van der Waals surface area contributed by atoms with Crippen LogP contribution in [0, 0.1) is 6.92 Å². The van der Waals surface area contributed by atoms with E-state index >= 15 is 0 Å². The van der Waals surface area contributed by atoms with Crippen LogP contribution in [-0.2, 0) is 5.60 Å². The van der Waals surface area contributed by atoms with Gasteiger partial charge >= 0.3 is 0 Å². The van der Waals surface area contributed by atoms with Gasteiger partial charge in [0.25, 0.3) is 0 Å². The smallest absolute Gasteiger partial charge is 0.249 e. The molecule has 1 aliphatic heterocycles. The van der Waals surface area contributed by atoms with Crippen molar-refractivity contribution >= 4 is 0 Å². The fourth-order valence-electron chi connectivity index (χ4n) is 1.35. The maximum Gasteiger partial charge on any atom is 0.249 e. The molecule has 0 bridgehead atoms. The summed E-state index contributed by atoms with van der Waals surface area (Å²) in [6, 6.07) is 0. The van der Waals surface area contributed by atoms with Crippen LogP contribution < -0.4 is 5.32 Å². The quantitative estimate of drug-likeness (QED) is 0.596. The first kappa shape index (κ1) is 7.70. The minimum absolute atomic E-state index is 0.324. The van der Waals surface area contributed by atoms with Crippen molar-refractivity contribution in [2.75, 3.05) is 13.1 Å². The Morgan fingerprint density at radius 3 is 2.92 bits per heavy atom. The molecular formula is C7H11N3O2. The lowest BCUT2D eigenvalue weighted by molar-refractivity contribution is 0.0291. The third-order valence-electron chi connectivity index (χ3n) is 2.06. The van der Waals surface area contributed by atoms with E-state index in [4.69, 9.17) is 4.42 Å². The summed E-state index contributed by atoms with van der Waals surface area (Å²) in [5.74, 6) is 0.815. The highest BCUT2D eigenvalue weighted by molar-refractivity contribution is 5.01. The van der Waals surface area contributed by atoms with Gasteiger partial charge in [0.1, 0.15) is 0 Å². The Kier molecular flexibility index (Phi) is 1.62. The molecule has 1 aromatic heterocycles. The van der Waals surface area contributed by atoms with E-state index in [-0.39, 0.29) is 0 Å². The van der Waals surface area contributed by atoms with Crippen molar-refractivity contribution in [1.82, 2.24) is 15.5 Å². The highest BCUT2D eigenvalue weighted by Crippen LogP contribution is 2.25. The lowest BCUT2D eigenvalue weighted by atomic mass is 10.0. The molecule has 1 aromatic rings. The van der Waals surface area contributed by atoms with Crippen molar-refractivity contribution in [2.24, 2.45) is 0 Å². The van der Waals surface area contributed by atoms with Gasteiger partial charge in [0.05, 0.1) is 0 Å². The topological polar surface area (TPSA) is 71.2 Å². The zero-order valence-electron chi connectivity index (χ0n) is 6.87. The van der Waals surface area contributed by atoms with Crippen LogP contribution in [0.15, 0.2) is 4.42 Å². The average molecular weight is 169 g/mol. The molecule has 0 aliphatic carbocycles. The van der Waals surface area contributed by atoms with E-state index in [9.17, 15) is 5.11 Å². The second kappa shape index (κ2) is 2.53. The largest absolute Gasteiger partial charge is 0.422 e. The van der Waals surface area contributed by atoms with Crippen molar-refractivity contribution < 1.29 is 9.52 Å². The van der Waals surface area contributed by atoms with Gasteiger partial charge < -0.3 is 14.8 Å². The summed E-state index contributed by atoms with van der Waals surface area (Å²) in [6.07, 6.45) is 0.634. The average Bonchev–Trinajstić information content (AvgIpc) is 2.59. The molecule has 0 aromatic carbocycles. The van der Waals surface area contributed by atoms with E-state index in [1.54, 1.807) is 6.92 Å². The fraction of sp³-hybridized carbons (Fsp3) is 0.714. The van der Waals surface area contributed by atoms with Crippen LogP contribution in [0.25, 0.3) is 0 Å². The number of aliphatic hydroxyl groups is 1. The maximum absolute atomic E-state index is 9.92. The van der Waals surface area contributed by atoms with E-state index in [0.717, 1.165) is 6.54 Å². The van der Waals surface area contributed by atoms with Crippen LogP contribution in [-0.4, -0.2) is 28.4 Å². The number of aryl methyl sites for hydroxylation is 1. The Labute approximate surface area is 69.8 Å². The number of nitrogens with zero attached hydrogens (tertiary/aromatic N) is 2. The molecular weight excluding hydrogens is 158 g/mol. The van der Waals surface area contributed by atoms with Crippen LogP contribution in [0.1, 0.15) is 18.2 Å². The van der Waals surface area contributed by atoms with Gasteiger partial charge in [-0.3, -0.25) is 0 Å². The molecule has 2 heterocycles. The van der Waals surface area contributed by atoms with Crippen molar-refractivity contribution in [2.45, 2.75) is 18.9 Å². The van der Waals surface area contributed by atoms with E-state index < -0.39 is 5.60 Å². The van der Waals surface area contributed by atoms with Crippen LogP contribution >= 0.6 is 0 Å². The first-order chi connectivity index (χ1) is 5.71. The molecule has 66 valence electrons. The first-order valence-corrected chi connectivity index (χ1v) is 3.94. The minimum Gasteiger partial charge on any atom is -0.422 e. The predicted octanol–water partition coefficient (Wildman–Crippen LogP) is -0.441. The summed E-state index contributed by atoms with van der Waals surface area (Å²) in [5, 5.41) is 20.4. The molecule has 2 N–H and O–H groups in total. The Morgan fingerprint density at radius 2 is 2.42 bits per heavy atom. The summed E-state index contributed by atoms with van der Waals surface area (Å²) in [4.78, 5) is 0. The van der Waals surface area contributed by atoms with E-state index in [1.165, 1.54) is 0 Å². The number of nitrogens with one attached hydrogen (secondary N) is 1. The SMILES string of the molecule is Cc1nnc([C@@]2(O)CCNC2)o1. The highest BCUT2D eigenvalue weighted by atomic mass is 16.4. The van der Waals surface area contributed by atoms with Gasteiger partial charge in [0.2, 0.25) is 11.8 Å². The Balaban J connectivity index is 2.28. The summed E-state index contributed by atoms with van der Waals surface area (Å²) in [7, 11) is 0. The van der Waals surface area contributed by atoms with Crippen LogP contribution in [0.2, 0.25) is 0 Å². The molecule has 1 fully saturated rings. The lowest BCUT2D eigenvalue weighted by Gasteiger charge is -2.14. The predicted molar refractivity (Wildman–Crippen MR) is 40.4 cm³/mol. The third-order valence-corrected chi connectivity index (χ3v) is 2.06. The molecule has 0 amide bonds. The number of rotatable bonds is 1. The van der Waals surface area contributed by atoms with E-state index in [0.29, 0.717) is 24.7 Å². The number of hydrogen-bond donors (Lipinski definition) is 2. The summed E-state index contributed by atoms with van der Waals surface area (Å²) in [5.41, 5.74) is -0.943. The molecule has 5 heteroatoms. The van der Waals surface area contributed by atoms with Crippen LogP contribution in [0.4, 0.5) is 0 Å². The van der Waals surface area contributed by atoms with Gasteiger partial charge in [-0.05, 0) is 13.0 Å². The Hall–Kier alpha value is -0.940. The van der Waals surface area contributed by atoms with Gasteiger partial charge in [-0.15, -0.1) is 10.2 Å². The molecule has 0 spiro atoms. The lowest BCUT2D eigenvalue weighted by Crippen LogP contribution is -2.28. The Bertz CT molecular complexity index is 278. The van der Waals surface area contributed by atoms with E-state index in [1.807, 2.05) is 0 Å². The zero-order chi connectivity index (χ0) is 8.60. The van der Waals surface area contributed by atoms with Gasteiger partial charge in [-0.2, -0.15) is 0 Å². The maximum atomic E-state index is 9.92. The normalized spacial score (nSPS) is 29.5. The van der Waals surface area contributed by atoms with E-state index in [2.05, 4.69) is 15.5 Å². The second-order valence-electron chi connectivity index (χ2n) is 3.08. The second-order valence-corrected chi connectivity index (χ2v) is 3.08. The summed E-state index contributed by atoms with van der Waals surface area (Å²) >= 11 is 0. The molecule has 1 atom stereocenters. The van der Waals surface area contributed by atoms with Crippen molar-refractivity contribution in [1.29, 1.82) is 0 Å². The van der Waals surface area contributed by atoms with Crippen molar-refractivity contribution in [3.05, 3.63) is 11.8 Å². The van der Waals surface area contributed by atoms with Crippen molar-refractivity contribution in [3.63, 3.8) is 0 Å². The standard InChI is InChI=1S/C7H11N3O2/c1-5-9-10-6(12-5)7(11)2-3-8-4-7/h8,11H,2-4H2,1H3/t7-/m1/s1. The summed E-state index contributed by atoms with van der Waals surface area (Å²) in [6.45, 7) is 2.99. The van der Waals surface area contributed by atoms with Gasteiger partial charge in [0, 0.05) is 13.5 Å². The number of β-amino-alcohol motifs (C(OH)–C–C–N with tert-alkyl or cyclic N) is 1. The zero-order valence-corrected chi connectivity index (χ0v) is 6.87. The molecule has 0 radical (unpaired) electrons. The molecule has 1 aliphatic rings. The Morgan fingerprint density at radius 1 is 1.58 bits per heavy atom. The monoisotopic (exact) mass is 169 g/mol. The summed E-state index contributed by atoms with van der Waals surface area (Å²) < 4.78 is 5.16. The fourth-order valence-corrected chi connectivity index (χ4v) is 1.35. The van der Waals surface area contributed by atoms with Crippen molar-refractivity contribution in [3.8, 4) is 0 Å². The molecule has 12 heavy (non-hydrogen) atoms. The van der Waals surface area contributed by atoms with Crippen LogP contribution in [0.3, 0.4) is 0 Å². The van der Waals surface area contributed by atoms with Gasteiger partial charge in [-0.25, -0.2) is 0 Å². The highest BCUT2D eigenvalue weighted by Gasteiger charge is 2.38. The first-order valence-electron chi connectivity index (χ1n) is 3.94. The number of aromatic nitrogens is 2. The van der Waals surface area contributed by atoms with Crippen LogP contribution in [0.5, 0.6) is 0 Å². The van der Waals surface area contributed by atoms with Gasteiger partial charge in [-0.1, -0.05) is 0 Å². The molecule has 5 nitrogen and oxygen atoms in total. The number of hydrogen-bond acceptors (Lipinski definition) is 5. The third kappa shape index (κ3) is 1.11. The molecule has 0 unspecified atom stereocenters. The molecule has 2 rings (SSSR count). The molecule has 1 saturated heterocycles.